The first-order chi connectivity index (χ1) is 9.26. The standard InChI is InChI=1S/C13H28N2O3S/c1-14-5-7-15(8-6-14)11-13(18-19)12-17-10-4-3-9-16-2/h13,19H,3-12H2,1-2H3. The van der Waals surface area contributed by atoms with E-state index in [1.807, 2.05) is 0 Å². The zero-order valence-corrected chi connectivity index (χ0v) is 13.1. The number of methoxy groups -OCH3 is 1. The number of rotatable bonds is 10. The minimum absolute atomic E-state index is 0.0502. The highest BCUT2D eigenvalue weighted by molar-refractivity contribution is 7.75. The Morgan fingerprint density at radius 2 is 1.79 bits per heavy atom. The van der Waals surface area contributed by atoms with Crippen LogP contribution in [0.1, 0.15) is 12.8 Å². The lowest BCUT2D eigenvalue weighted by molar-refractivity contribution is 0.0291. The van der Waals surface area contributed by atoms with Gasteiger partial charge in [0.1, 0.15) is 6.10 Å². The average molecular weight is 292 g/mol. The fraction of sp³-hybridized carbons (Fsp3) is 1.00. The van der Waals surface area contributed by atoms with Crippen molar-refractivity contribution in [1.29, 1.82) is 0 Å². The molecule has 0 aromatic heterocycles. The summed E-state index contributed by atoms with van der Waals surface area (Å²) in [5.41, 5.74) is 0. The molecule has 1 aliphatic heterocycles. The second-order valence-corrected chi connectivity index (χ2v) is 5.32. The molecule has 0 saturated carbocycles. The maximum Gasteiger partial charge on any atom is 0.108 e. The fourth-order valence-electron chi connectivity index (χ4n) is 2.10. The van der Waals surface area contributed by atoms with Crippen LogP contribution in [0.3, 0.4) is 0 Å². The topological polar surface area (TPSA) is 34.2 Å². The van der Waals surface area contributed by atoms with Gasteiger partial charge in [-0.3, -0.25) is 4.90 Å². The molecule has 1 unspecified atom stereocenters. The Morgan fingerprint density at radius 1 is 1.11 bits per heavy atom. The van der Waals surface area contributed by atoms with E-state index in [0.29, 0.717) is 6.61 Å². The first-order valence-corrected chi connectivity index (χ1v) is 7.40. The lowest BCUT2D eigenvalue weighted by Gasteiger charge is -2.33. The van der Waals surface area contributed by atoms with Gasteiger partial charge in [0.15, 0.2) is 0 Å². The van der Waals surface area contributed by atoms with Crippen LogP contribution >= 0.6 is 12.9 Å². The van der Waals surface area contributed by atoms with Gasteiger partial charge < -0.3 is 18.6 Å². The molecule has 0 aromatic carbocycles. The van der Waals surface area contributed by atoms with E-state index < -0.39 is 0 Å². The third-order valence-electron chi connectivity index (χ3n) is 3.40. The Labute approximate surface area is 122 Å². The van der Waals surface area contributed by atoms with Crippen LogP contribution < -0.4 is 0 Å². The fourth-order valence-corrected chi connectivity index (χ4v) is 2.23. The molecule has 0 amide bonds. The number of unbranched alkanes of at least 4 members (excludes halogenated alkanes) is 1. The maximum absolute atomic E-state index is 5.63. The molecule has 5 nitrogen and oxygen atoms in total. The first-order valence-electron chi connectivity index (χ1n) is 7.04. The number of ether oxygens (including phenoxy) is 2. The predicted octanol–water partition coefficient (Wildman–Crippen LogP) is 0.907. The van der Waals surface area contributed by atoms with Crippen LogP contribution in [0, 0.1) is 0 Å². The normalized spacial score (nSPS) is 19.7. The monoisotopic (exact) mass is 292 g/mol. The molecule has 6 heteroatoms. The molecule has 0 bridgehead atoms. The van der Waals surface area contributed by atoms with Crippen LogP contribution in [0.25, 0.3) is 0 Å². The van der Waals surface area contributed by atoms with Gasteiger partial charge in [0.25, 0.3) is 0 Å². The van der Waals surface area contributed by atoms with E-state index in [9.17, 15) is 0 Å². The zero-order valence-electron chi connectivity index (χ0n) is 12.2. The molecule has 1 atom stereocenters. The summed E-state index contributed by atoms with van der Waals surface area (Å²) in [6, 6.07) is 0. The number of likely N-dealkylation sites (N-methyl/N-ethyl adjacent to an activating group) is 1. The molecule has 0 radical (unpaired) electrons. The molecule has 1 fully saturated rings. The van der Waals surface area contributed by atoms with Crippen LogP contribution in [0.5, 0.6) is 0 Å². The zero-order chi connectivity index (χ0) is 13.9. The van der Waals surface area contributed by atoms with Crippen LogP contribution in [-0.4, -0.2) is 82.6 Å². The molecular weight excluding hydrogens is 264 g/mol. The third-order valence-corrected chi connectivity index (χ3v) is 3.70. The van der Waals surface area contributed by atoms with Crippen LogP contribution in [0.4, 0.5) is 0 Å². The van der Waals surface area contributed by atoms with Gasteiger partial charge in [-0.25, -0.2) is 0 Å². The van der Waals surface area contributed by atoms with Gasteiger partial charge in [-0.05, 0) is 32.8 Å². The van der Waals surface area contributed by atoms with Gasteiger partial charge >= 0.3 is 0 Å². The van der Waals surface area contributed by atoms with Crippen molar-refractivity contribution < 1.29 is 13.7 Å². The predicted molar refractivity (Wildman–Crippen MR) is 79.7 cm³/mol. The van der Waals surface area contributed by atoms with Gasteiger partial charge in [-0.2, -0.15) is 0 Å². The minimum Gasteiger partial charge on any atom is -0.385 e. The van der Waals surface area contributed by atoms with Gasteiger partial charge in [-0.1, -0.05) is 0 Å². The lowest BCUT2D eigenvalue weighted by atomic mass is 10.3. The van der Waals surface area contributed by atoms with E-state index in [0.717, 1.165) is 58.8 Å². The number of hydrogen-bond donors (Lipinski definition) is 1. The van der Waals surface area contributed by atoms with E-state index in [1.165, 1.54) is 0 Å². The summed E-state index contributed by atoms with van der Waals surface area (Å²) in [4.78, 5) is 4.76. The summed E-state index contributed by atoms with van der Waals surface area (Å²) in [6.07, 6.45) is 2.12. The van der Waals surface area contributed by atoms with Crippen molar-refractivity contribution in [2.75, 3.05) is 66.7 Å². The molecule has 1 aliphatic rings. The van der Waals surface area contributed by atoms with Gasteiger partial charge in [0.05, 0.1) is 6.61 Å². The van der Waals surface area contributed by atoms with Crippen molar-refractivity contribution >= 4 is 12.9 Å². The SMILES string of the molecule is COCCCCOCC(CN1CCN(C)CC1)OS. The maximum atomic E-state index is 5.63. The smallest absolute Gasteiger partial charge is 0.108 e. The lowest BCUT2D eigenvalue weighted by Crippen LogP contribution is -2.47. The summed E-state index contributed by atoms with van der Waals surface area (Å²) >= 11 is 3.95. The van der Waals surface area contributed by atoms with E-state index in [-0.39, 0.29) is 6.10 Å². The molecule has 19 heavy (non-hydrogen) atoms. The molecule has 1 rings (SSSR count). The minimum atomic E-state index is 0.0502. The first kappa shape index (κ1) is 17.2. The molecule has 0 spiro atoms. The van der Waals surface area contributed by atoms with Gasteiger partial charge in [0, 0.05) is 53.0 Å². The highest BCUT2D eigenvalue weighted by atomic mass is 32.1. The largest absolute Gasteiger partial charge is 0.385 e. The second-order valence-electron chi connectivity index (χ2n) is 5.11. The molecule has 0 N–H and O–H groups in total. The molecule has 114 valence electrons. The summed E-state index contributed by atoms with van der Waals surface area (Å²) < 4.78 is 15.8. The van der Waals surface area contributed by atoms with E-state index >= 15 is 0 Å². The Hall–Kier alpha value is 0.150. The average Bonchev–Trinajstić information content (AvgIpc) is 2.43. The molecule has 0 aliphatic carbocycles. The van der Waals surface area contributed by atoms with Gasteiger partial charge in [0.2, 0.25) is 0 Å². The Morgan fingerprint density at radius 3 is 2.42 bits per heavy atom. The summed E-state index contributed by atoms with van der Waals surface area (Å²) in [7, 11) is 3.88. The highest BCUT2D eigenvalue weighted by Gasteiger charge is 2.18. The highest BCUT2D eigenvalue weighted by Crippen LogP contribution is 2.05. The van der Waals surface area contributed by atoms with E-state index in [2.05, 4.69) is 29.8 Å². The van der Waals surface area contributed by atoms with Gasteiger partial charge in [-0.15, -0.1) is 0 Å². The van der Waals surface area contributed by atoms with Crippen LogP contribution in [0.15, 0.2) is 0 Å². The second kappa shape index (κ2) is 10.9. The summed E-state index contributed by atoms with van der Waals surface area (Å²) in [6.45, 7) is 7.51. The molecule has 1 saturated heterocycles. The van der Waals surface area contributed by atoms with Crippen molar-refractivity contribution in [3.8, 4) is 0 Å². The van der Waals surface area contributed by atoms with Crippen molar-refractivity contribution in [3.63, 3.8) is 0 Å². The van der Waals surface area contributed by atoms with Crippen molar-refractivity contribution in [2.45, 2.75) is 18.9 Å². The summed E-state index contributed by atoms with van der Waals surface area (Å²) in [5.74, 6) is 0. The third kappa shape index (κ3) is 8.12. The van der Waals surface area contributed by atoms with Crippen LogP contribution in [-0.2, 0) is 13.7 Å². The number of nitrogens with zero attached hydrogens (tertiary/aromatic N) is 2. The number of hydrogen-bond acceptors (Lipinski definition) is 6. The Bertz CT molecular complexity index is 214. The summed E-state index contributed by atoms with van der Waals surface area (Å²) in [5, 5.41) is 0. The van der Waals surface area contributed by atoms with E-state index in [4.69, 9.17) is 13.7 Å². The Kier molecular flexibility index (Phi) is 9.85. The van der Waals surface area contributed by atoms with Crippen molar-refractivity contribution in [3.05, 3.63) is 0 Å². The molecule has 1 heterocycles. The van der Waals surface area contributed by atoms with Crippen molar-refractivity contribution in [2.24, 2.45) is 0 Å². The van der Waals surface area contributed by atoms with E-state index in [1.54, 1.807) is 7.11 Å². The Balaban J connectivity index is 2.05. The molecular formula is C13H28N2O3S. The molecule has 0 aromatic rings. The quantitative estimate of drug-likeness (QED) is 0.368. The number of piperazine rings is 1. The number of thiol groups is 1. The van der Waals surface area contributed by atoms with Crippen molar-refractivity contribution in [1.82, 2.24) is 9.80 Å². The van der Waals surface area contributed by atoms with Crippen LogP contribution in [0.2, 0.25) is 0 Å².